The summed E-state index contributed by atoms with van der Waals surface area (Å²) in [6, 6.07) is 4.52. The molecule has 0 aliphatic heterocycles. The molecule has 3 rings (SSSR count). The molecule has 1 aliphatic carbocycles. The Labute approximate surface area is 125 Å². The molecule has 0 amide bonds. The second-order valence-electron chi connectivity index (χ2n) is 5.86. The third kappa shape index (κ3) is 3.19. The van der Waals surface area contributed by atoms with Gasteiger partial charge in [0.15, 0.2) is 0 Å². The van der Waals surface area contributed by atoms with E-state index in [9.17, 15) is 0 Å². The Morgan fingerprint density at radius 2 is 2.00 bits per heavy atom. The molecule has 1 fully saturated rings. The zero-order valence-corrected chi connectivity index (χ0v) is 12.5. The van der Waals surface area contributed by atoms with Gasteiger partial charge in [-0.2, -0.15) is 0 Å². The van der Waals surface area contributed by atoms with Crippen molar-refractivity contribution in [2.24, 2.45) is 5.73 Å². The Morgan fingerprint density at radius 3 is 2.71 bits per heavy atom. The molecule has 5 nitrogen and oxygen atoms in total. The van der Waals surface area contributed by atoms with E-state index in [1.807, 2.05) is 19.2 Å². The molecule has 1 aliphatic rings. The van der Waals surface area contributed by atoms with Crippen LogP contribution in [0.25, 0.3) is 0 Å². The van der Waals surface area contributed by atoms with Gasteiger partial charge in [-0.1, -0.05) is 6.07 Å². The van der Waals surface area contributed by atoms with E-state index in [-0.39, 0.29) is 0 Å². The second-order valence-corrected chi connectivity index (χ2v) is 5.86. The van der Waals surface area contributed by atoms with Gasteiger partial charge in [0.2, 0.25) is 0 Å². The van der Waals surface area contributed by atoms with Gasteiger partial charge in [-0.3, -0.25) is 4.98 Å². The number of hydrogen-bond acceptors (Lipinski definition) is 5. The quantitative estimate of drug-likeness (QED) is 0.900. The third-order valence-electron chi connectivity index (χ3n) is 4.15. The molecular formula is C16H21N5. The van der Waals surface area contributed by atoms with Crippen LogP contribution in [0.4, 0.5) is 5.82 Å². The molecule has 2 aromatic heterocycles. The number of hydrogen-bond donors (Lipinski definition) is 2. The number of aromatic nitrogens is 3. The predicted octanol–water partition coefficient (Wildman–Crippen LogP) is 2.31. The van der Waals surface area contributed by atoms with E-state index in [0.29, 0.717) is 12.0 Å². The van der Waals surface area contributed by atoms with Crippen molar-refractivity contribution in [1.29, 1.82) is 0 Å². The first kappa shape index (κ1) is 13.9. The van der Waals surface area contributed by atoms with E-state index < -0.39 is 0 Å². The minimum atomic E-state index is 0.336. The topological polar surface area (TPSA) is 76.7 Å². The molecule has 0 saturated heterocycles. The average molecular weight is 283 g/mol. The minimum Gasteiger partial charge on any atom is -0.366 e. The second kappa shape index (κ2) is 5.77. The van der Waals surface area contributed by atoms with Gasteiger partial charge in [0.25, 0.3) is 0 Å². The molecule has 5 heteroatoms. The van der Waals surface area contributed by atoms with Crippen LogP contribution in [0.15, 0.2) is 24.7 Å². The summed E-state index contributed by atoms with van der Waals surface area (Å²) >= 11 is 0. The molecule has 0 bridgehead atoms. The maximum absolute atomic E-state index is 5.84. The SMILES string of the molecule is Cc1cc(CNc2cc(C3CC(N)C3)ncn2)cnc1C. The first-order valence-corrected chi connectivity index (χ1v) is 7.35. The van der Waals surface area contributed by atoms with Crippen LogP contribution in [0.3, 0.4) is 0 Å². The van der Waals surface area contributed by atoms with Gasteiger partial charge in [-0.05, 0) is 37.8 Å². The maximum Gasteiger partial charge on any atom is 0.129 e. The number of anilines is 1. The number of rotatable bonds is 4. The van der Waals surface area contributed by atoms with Crippen molar-refractivity contribution in [3.8, 4) is 0 Å². The molecule has 2 heterocycles. The number of aryl methyl sites for hydroxylation is 2. The molecule has 0 unspecified atom stereocenters. The highest BCUT2D eigenvalue weighted by atomic mass is 15.0. The predicted molar refractivity (Wildman–Crippen MR) is 83.0 cm³/mol. The summed E-state index contributed by atoms with van der Waals surface area (Å²) in [4.78, 5) is 13.0. The van der Waals surface area contributed by atoms with E-state index in [1.54, 1.807) is 6.33 Å². The highest BCUT2D eigenvalue weighted by Crippen LogP contribution is 2.34. The molecule has 0 spiro atoms. The van der Waals surface area contributed by atoms with Gasteiger partial charge < -0.3 is 11.1 Å². The van der Waals surface area contributed by atoms with Crippen LogP contribution >= 0.6 is 0 Å². The fourth-order valence-electron chi connectivity index (χ4n) is 2.59. The number of nitrogens with zero attached hydrogens (tertiary/aromatic N) is 3. The molecule has 0 atom stereocenters. The first-order valence-electron chi connectivity index (χ1n) is 7.35. The number of nitrogens with two attached hydrogens (primary N) is 1. The Hall–Kier alpha value is -2.01. The van der Waals surface area contributed by atoms with Gasteiger partial charge in [0.05, 0.1) is 0 Å². The van der Waals surface area contributed by atoms with Crippen LogP contribution in [-0.4, -0.2) is 21.0 Å². The minimum absolute atomic E-state index is 0.336. The van der Waals surface area contributed by atoms with Gasteiger partial charge in [-0.25, -0.2) is 9.97 Å². The molecule has 0 aromatic carbocycles. The Kier molecular flexibility index (Phi) is 3.84. The van der Waals surface area contributed by atoms with Crippen molar-refractivity contribution < 1.29 is 0 Å². The molecule has 3 N–H and O–H groups in total. The smallest absolute Gasteiger partial charge is 0.129 e. The number of pyridine rings is 1. The zero-order chi connectivity index (χ0) is 14.8. The molecule has 2 aromatic rings. The van der Waals surface area contributed by atoms with Crippen LogP contribution in [0.5, 0.6) is 0 Å². The van der Waals surface area contributed by atoms with Crippen LogP contribution < -0.4 is 11.1 Å². The fourth-order valence-corrected chi connectivity index (χ4v) is 2.59. The van der Waals surface area contributed by atoms with Crippen molar-refractivity contribution in [1.82, 2.24) is 15.0 Å². The molecule has 0 radical (unpaired) electrons. The lowest BCUT2D eigenvalue weighted by atomic mass is 9.79. The van der Waals surface area contributed by atoms with Crippen molar-refractivity contribution in [2.45, 2.75) is 45.2 Å². The summed E-state index contributed by atoms with van der Waals surface area (Å²) in [6.07, 6.45) is 5.58. The molecule has 21 heavy (non-hydrogen) atoms. The summed E-state index contributed by atoms with van der Waals surface area (Å²) < 4.78 is 0. The van der Waals surface area contributed by atoms with E-state index in [2.05, 4.69) is 33.3 Å². The lowest BCUT2D eigenvalue weighted by Gasteiger charge is -2.31. The fraction of sp³-hybridized carbons (Fsp3) is 0.438. The van der Waals surface area contributed by atoms with Crippen molar-refractivity contribution in [3.05, 3.63) is 47.2 Å². The van der Waals surface area contributed by atoms with Crippen molar-refractivity contribution >= 4 is 5.82 Å². The average Bonchev–Trinajstić information content (AvgIpc) is 2.45. The van der Waals surface area contributed by atoms with Gasteiger partial charge in [0, 0.05) is 42.2 Å². The third-order valence-corrected chi connectivity index (χ3v) is 4.15. The lowest BCUT2D eigenvalue weighted by molar-refractivity contribution is 0.345. The van der Waals surface area contributed by atoms with E-state index >= 15 is 0 Å². The first-order chi connectivity index (χ1) is 10.1. The van der Waals surface area contributed by atoms with E-state index in [1.165, 1.54) is 5.56 Å². The van der Waals surface area contributed by atoms with Gasteiger partial charge >= 0.3 is 0 Å². The number of nitrogens with one attached hydrogen (secondary N) is 1. The normalized spacial score (nSPS) is 20.9. The van der Waals surface area contributed by atoms with Crippen LogP contribution in [0.2, 0.25) is 0 Å². The lowest BCUT2D eigenvalue weighted by Crippen LogP contribution is -2.35. The largest absolute Gasteiger partial charge is 0.366 e. The maximum atomic E-state index is 5.84. The van der Waals surface area contributed by atoms with Gasteiger partial charge in [-0.15, -0.1) is 0 Å². The zero-order valence-electron chi connectivity index (χ0n) is 12.5. The summed E-state index contributed by atoms with van der Waals surface area (Å²) in [5, 5.41) is 3.34. The van der Waals surface area contributed by atoms with Crippen LogP contribution in [0, 0.1) is 13.8 Å². The molecular weight excluding hydrogens is 262 g/mol. The highest BCUT2D eigenvalue weighted by Gasteiger charge is 2.28. The Bertz CT molecular complexity index is 634. The summed E-state index contributed by atoms with van der Waals surface area (Å²) in [5.74, 6) is 1.35. The summed E-state index contributed by atoms with van der Waals surface area (Å²) in [7, 11) is 0. The Balaban J connectivity index is 1.65. The summed E-state index contributed by atoms with van der Waals surface area (Å²) in [6.45, 7) is 4.82. The standard InChI is InChI=1S/C16H21N5/c1-10-3-12(7-18-11(10)2)8-19-16-6-15(20-9-21-16)13-4-14(17)5-13/h3,6-7,9,13-14H,4-5,8,17H2,1-2H3,(H,19,20,21). The summed E-state index contributed by atoms with van der Waals surface area (Å²) in [5.41, 5.74) is 10.4. The van der Waals surface area contributed by atoms with E-state index in [4.69, 9.17) is 5.73 Å². The van der Waals surface area contributed by atoms with Crippen LogP contribution in [0.1, 0.15) is 41.3 Å². The highest BCUT2D eigenvalue weighted by molar-refractivity contribution is 5.38. The Morgan fingerprint density at radius 1 is 1.19 bits per heavy atom. The van der Waals surface area contributed by atoms with Crippen molar-refractivity contribution in [2.75, 3.05) is 5.32 Å². The molecule has 110 valence electrons. The monoisotopic (exact) mass is 283 g/mol. The van der Waals surface area contributed by atoms with Gasteiger partial charge in [0.1, 0.15) is 12.1 Å². The van der Waals surface area contributed by atoms with E-state index in [0.717, 1.165) is 42.2 Å². The molecule has 1 saturated carbocycles. The van der Waals surface area contributed by atoms with Crippen LogP contribution in [-0.2, 0) is 6.54 Å². The van der Waals surface area contributed by atoms with Crippen molar-refractivity contribution in [3.63, 3.8) is 0 Å².